The molecular formula is C21H25N3O3. The van der Waals surface area contributed by atoms with Crippen molar-refractivity contribution >= 4 is 23.2 Å². The third-order valence-corrected chi connectivity index (χ3v) is 4.53. The third-order valence-electron chi connectivity index (χ3n) is 4.53. The van der Waals surface area contributed by atoms with Gasteiger partial charge in [0.2, 0.25) is 5.91 Å². The minimum atomic E-state index is -0.160. The summed E-state index contributed by atoms with van der Waals surface area (Å²) >= 11 is 0. The molecule has 0 bridgehead atoms. The number of para-hydroxylation sites is 1. The molecule has 3 rings (SSSR count). The van der Waals surface area contributed by atoms with Gasteiger partial charge in [-0.1, -0.05) is 24.3 Å². The van der Waals surface area contributed by atoms with Crippen LogP contribution in [0.2, 0.25) is 0 Å². The van der Waals surface area contributed by atoms with Crippen LogP contribution in [-0.4, -0.2) is 50.1 Å². The molecule has 1 aliphatic heterocycles. The Labute approximate surface area is 159 Å². The Balaban J connectivity index is 1.74. The largest absolute Gasteiger partial charge is 0.378 e. The summed E-state index contributed by atoms with van der Waals surface area (Å²) < 4.78 is 5.44. The summed E-state index contributed by atoms with van der Waals surface area (Å²) in [6.45, 7) is 5.11. The van der Waals surface area contributed by atoms with Crippen molar-refractivity contribution in [3.05, 3.63) is 59.7 Å². The van der Waals surface area contributed by atoms with E-state index >= 15 is 0 Å². The number of amides is 2. The summed E-state index contributed by atoms with van der Waals surface area (Å²) in [6.07, 6.45) is 0. The molecule has 2 aromatic carbocycles. The molecule has 142 valence electrons. The Kier molecular flexibility index (Phi) is 6.08. The molecule has 0 atom stereocenters. The number of hydrogen-bond donors (Lipinski definition) is 1. The number of morpholine rings is 1. The molecular weight excluding hydrogens is 342 g/mol. The van der Waals surface area contributed by atoms with Gasteiger partial charge in [-0.05, 0) is 29.8 Å². The number of nitrogens with one attached hydrogen (secondary N) is 1. The monoisotopic (exact) mass is 367 g/mol. The molecule has 0 aromatic heterocycles. The second kappa shape index (κ2) is 8.68. The van der Waals surface area contributed by atoms with E-state index in [1.165, 1.54) is 6.92 Å². The van der Waals surface area contributed by atoms with Crippen LogP contribution in [0.25, 0.3) is 0 Å². The molecule has 0 unspecified atom stereocenters. The number of nitrogens with zero attached hydrogens (tertiary/aromatic N) is 2. The first-order valence-electron chi connectivity index (χ1n) is 9.08. The van der Waals surface area contributed by atoms with Gasteiger partial charge in [-0.15, -0.1) is 0 Å². The van der Waals surface area contributed by atoms with Crippen molar-refractivity contribution < 1.29 is 14.3 Å². The van der Waals surface area contributed by atoms with E-state index in [-0.39, 0.29) is 11.8 Å². The smallest absolute Gasteiger partial charge is 0.253 e. The maximum absolute atomic E-state index is 12.9. The average Bonchev–Trinajstić information content (AvgIpc) is 2.68. The molecule has 27 heavy (non-hydrogen) atoms. The number of rotatable bonds is 5. The van der Waals surface area contributed by atoms with Crippen molar-refractivity contribution in [1.29, 1.82) is 0 Å². The fraction of sp³-hybridized carbons (Fsp3) is 0.333. The predicted octanol–water partition coefficient (Wildman–Crippen LogP) is 2.75. The number of hydrogen-bond acceptors (Lipinski definition) is 4. The number of anilines is 2. The van der Waals surface area contributed by atoms with Crippen molar-refractivity contribution in [3.63, 3.8) is 0 Å². The van der Waals surface area contributed by atoms with Crippen molar-refractivity contribution in [2.24, 2.45) is 0 Å². The van der Waals surface area contributed by atoms with Gasteiger partial charge < -0.3 is 19.9 Å². The lowest BCUT2D eigenvalue weighted by Gasteiger charge is -2.31. The Morgan fingerprint density at radius 1 is 1.11 bits per heavy atom. The van der Waals surface area contributed by atoms with Crippen LogP contribution in [-0.2, 0) is 16.1 Å². The molecule has 2 amide bonds. The van der Waals surface area contributed by atoms with Gasteiger partial charge in [0.05, 0.1) is 13.2 Å². The first-order valence-corrected chi connectivity index (χ1v) is 9.08. The van der Waals surface area contributed by atoms with Crippen LogP contribution in [0.15, 0.2) is 48.5 Å². The Bertz CT molecular complexity index is 816. The van der Waals surface area contributed by atoms with E-state index in [2.05, 4.69) is 22.3 Å². The zero-order chi connectivity index (χ0) is 19.2. The summed E-state index contributed by atoms with van der Waals surface area (Å²) in [5, 5.41) is 2.71. The molecule has 6 heteroatoms. The van der Waals surface area contributed by atoms with Gasteiger partial charge in [-0.2, -0.15) is 0 Å². The van der Waals surface area contributed by atoms with Gasteiger partial charge in [0.25, 0.3) is 5.91 Å². The molecule has 1 N–H and O–H groups in total. The summed E-state index contributed by atoms with van der Waals surface area (Å²) in [5.74, 6) is -0.244. The van der Waals surface area contributed by atoms with E-state index in [0.29, 0.717) is 17.8 Å². The normalized spacial score (nSPS) is 13.9. The van der Waals surface area contributed by atoms with Gasteiger partial charge in [0.1, 0.15) is 0 Å². The fourth-order valence-corrected chi connectivity index (χ4v) is 3.24. The average molecular weight is 367 g/mol. The quantitative estimate of drug-likeness (QED) is 0.883. The van der Waals surface area contributed by atoms with E-state index in [9.17, 15) is 9.59 Å². The highest BCUT2D eigenvalue weighted by molar-refractivity contribution is 5.96. The summed E-state index contributed by atoms with van der Waals surface area (Å²) in [6, 6.07) is 15.2. The molecule has 0 saturated carbocycles. The number of benzene rings is 2. The molecule has 1 saturated heterocycles. The minimum absolute atomic E-state index is 0.0843. The van der Waals surface area contributed by atoms with Gasteiger partial charge in [-0.3, -0.25) is 9.59 Å². The predicted molar refractivity (Wildman–Crippen MR) is 106 cm³/mol. The van der Waals surface area contributed by atoms with Crippen molar-refractivity contribution in [2.45, 2.75) is 13.5 Å². The maximum Gasteiger partial charge on any atom is 0.253 e. The molecule has 1 fully saturated rings. The highest BCUT2D eigenvalue weighted by Crippen LogP contribution is 2.23. The van der Waals surface area contributed by atoms with Crippen LogP contribution < -0.4 is 10.2 Å². The summed E-state index contributed by atoms with van der Waals surface area (Å²) in [7, 11) is 1.80. The Morgan fingerprint density at radius 2 is 1.85 bits per heavy atom. The molecule has 1 aliphatic rings. The maximum atomic E-state index is 12.9. The van der Waals surface area contributed by atoms with Crippen molar-refractivity contribution in [3.8, 4) is 0 Å². The van der Waals surface area contributed by atoms with Crippen molar-refractivity contribution in [2.75, 3.05) is 43.6 Å². The second-order valence-corrected chi connectivity index (χ2v) is 6.65. The lowest BCUT2D eigenvalue weighted by molar-refractivity contribution is -0.114. The van der Waals surface area contributed by atoms with Crippen LogP contribution in [0.5, 0.6) is 0 Å². The van der Waals surface area contributed by atoms with Crippen molar-refractivity contribution in [1.82, 2.24) is 4.90 Å². The highest BCUT2D eigenvalue weighted by atomic mass is 16.5. The van der Waals surface area contributed by atoms with Gasteiger partial charge in [0, 0.05) is 50.5 Å². The van der Waals surface area contributed by atoms with Crippen LogP contribution >= 0.6 is 0 Å². The second-order valence-electron chi connectivity index (χ2n) is 6.65. The zero-order valence-electron chi connectivity index (χ0n) is 15.8. The zero-order valence-corrected chi connectivity index (χ0v) is 15.8. The SMILES string of the molecule is CC(=O)Nc1cccc(C(=O)N(C)Cc2ccccc2N2CCOCC2)c1. The lowest BCUT2D eigenvalue weighted by Crippen LogP contribution is -2.37. The molecule has 1 heterocycles. The number of ether oxygens (including phenoxy) is 1. The molecule has 0 aliphatic carbocycles. The summed E-state index contributed by atoms with van der Waals surface area (Å²) in [5.41, 5.74) is 3.42. The van der Waals surface area contributed by atoms with Gasteiger partial charge >= 0.3 is 0 Å². The van der Waals surface area contributed by atoms with Crippen LogP contribution in [0.1, 0.15) is 22.8 Å². The Morgan fingerprint density at radius 3 is 2.59 bits per heavy atom. The number of carbonyl (C=O) groups excluding carboxylic acids is 2. The van der Waals surface area contributed by atoms with Crippen LogP contribution in [0, 0.1) is 0 Å². The standard InChI is InChI=1S/C21H25N3O3/c1-16(25)22-19-8-5-7-17(14-19)21(26)23(2)15-18-6-3-4-9-20(18)24-10-12-27-13-11-24/h3-9,14H,10-13,15H2,1-2H3,(H,22,25). The molecule has 0 spiro atoms. The van der Waals surface area contributed by atoms with Crippen LogP contribution in [0.3, 0.4) is 0 Å². The van der Waals surface area contributed by atoms with Gasteiger partial charge in [-0.25, -0.2) is 0 Å². The first kappa shape index (κ1) is 18.9. The molecule has 2 aromatic rings. The topological polar surface area (TPSA) is 61.9 Å². The van der Waals surface area contributed by atoms with Crippen LogP contribution in [0.4, 0.5) is 11.4 Å². The Hall–Kier alpha value is -2.86. The molecule has 6 nitrogen and oxygen atoms in total. The van der Waals surface area contributed by atoms with E-state index in [1.54, 1.807) is 36.2 Å². The third kappa shape index (κ3) is 4.86. The molecule has 0 radical (unpaired) electrons. The van der Waals surface area contributed by atoms with E-state index in [4.69, 9.17) is 4.74 Å². The first-order chi connectivity index (χ1) is 13.0. The lowest BCUT2D eigenvalue weighted by atomic mass is 10.1. The van der Waals surface area contributed by atoms with E-state index in [0.717, 1.165) is 37.6 Å². The summed E-state index contributed by atoms with van der Waals surface area (Å²) in [4.78, 5) is 28.1. The fourth-order valence-electron chi connectivity index (χ4n) is 3.24. The number of carbonyl (C=O) groups is 2. The highest BCUT2D eigenvalue weighted by Gasteiger charge is 2.18. The minimum Gasteiger partial charge on any atom is -0.378 e. The van der Waals surface area contributed by atoms with E-state index < -0.39 is 0 Å². The van der Waals surface area contributed by atoms with Gasteiger partial charge in [0.15, 0.2) is 0 Å². The van der Waals surface area contributed by atoms with E-state index in [1.807, 2.05) is 12.1 Å².